The second kappa shape index (κ2) is 17.3. The molecule has 4 atom stereocenters. The minimum atomic E-state index is -3.89. The minimum absolute atomic E-state index is 0.102. The molecule has 1 aliphatic heterocycles. The molecule has 4 aromatic rings. The van der Waals surface area contributed by atoms with Crippen LogP contribution in [0, 0.1) is 0 Å². The van der Waals surface area contributed by atoms with Crippen molar-refractivity contribution in [1.29, 1.82) is 0 Å². The number of hydrogen-bond acceptors (Lipinski definition) is 8. The highest BCUT2D eigenvalue weighted by Gasteiger charge is 2.28. The number of anilines is 2. The van der Waals surface area contributed by atoms with Gasteiger partial charge in [0.1, 0.15) is 0 Å². The van der Waals surface area contributed by atoms with Gasteiger partial charge in [-0.25, -0.2) is 0 Å². The zero-order chi connectivity index (χ0) is 37.3. The predicted molar refractivity (Wildman–Crippen MR) is 202 cm³/mol. The molecule has 52 heavy (non-hydrogen) atoms. The van der Waals surface area contributed by atoms with Gasteiger partial charge in [0.15, 0.2) is 0 Å². The Kier molecular flexibility index (Phi) is 12.6. The van der Waals surface area contributed by atoms with Crippen molar-refractivity contribution >= 4 is 39.3 Å². The molecule has 0 saturated carbocycles. The lowest BCUT2D eigenvalue weighted by Crippen LogP contribution is -2.50. The van der Waals surface area contributed by atoms with Gasteiger partial charge in [-0.3, -0.25) is 23.7 Å². The van der Waals surface area contributed by atoms with E-state index in [2.05, 4.69) is 31.0 Å². The van der Waals surface area contributed by atoms with Crippen LogP contribution in [0.3, 0.4) is 0 Å². The number of carbonyl (C=O) groups excluding carboxylic acids is 3. The number of nitrogen functional groups attached to an aromatic ring is 1. The third-order valence-corrected chi connectivity index (χ3v) is 10.4. The molecule has 0 bridgehead atoms. The van der Waals surface area contributed by atoms with E-state index in [0.29, 0.717) is 25.1 Å². The highest BCUT2D eigenvalue weighted by atomic mass is 32.2. The molecular formula is C38H46N8O5S. The molecule has 14 heteroatoms. The average Bonchev–Trinajstić information content (AvgIpc) is 3.14. The third-order valence-electron chi connectivity index (χ3n) is 8.87. The Labute approximate surface area is 305 Å². The van der Waals surface area contributed by atoms with Crippen LogP contribution in [0.5, 0.6) is 0 Å². The Balaban J connectivity index is 1.36. The quantitative estimate of drug-likeness (QED) is 0.107. The summed E-state index contributed by atoms with van der Waals surface area (Å²) in [6, 6.07) is 24.9. The maximum atomic E-state index is 14.0. The number of nitrogens with one attached hydrogen (secondary N) is 5. The zero-order valence-electron chi connectivity index (χ0n) is 29.5. The maximum absolute atomic E-state index is 14.0. The molecule has 0 spiro atoms. The van der Waals surface area contributed by atoms with Crippen LogP contribution in [-0.4, -0.2) is 62.8 Å². The Morgan fingerprint density at radius 1 is 0.827 bits per heavy atom. The van der Waals surface area contributed by atoms with Gasteiger partial charge < -0.3 is 27.0 Å². The Morgan fingerprint density at radius 2 is 1.46 bits per heavy atom. The number of carbonyl (C=O) groups is 3. The van der Waals surface area contributed by atoms with Crippen molar-refractivity contribution in [3.63, 3.8) is 0 Å². The van der Waals surface area contributed by atoms with Gasteiger partial charge in [-0.1, -0.05) is 48.5 Å². The first kappa shape index (κ1) is 37.9. The molecule has 0 radical (unpaired) electrons. The van der Waals surface area contributed by atoms with Gasteiger partial charge in [-0.15, -0.1) is 0 Å². The standard InChI is InChI=1S/C38H46N8O5S/c1-25(28-10-5-4-6-11-28)44-37(48)30-20-31(22-35(21-30)46-19-9-18-42-52(46,50)51)38(49)45-34(23-33-12-7-8-17-40-33)24-41-27(3)36(47)43-26(2)29-13-15-32(39)16-14-29/h4-8,10-17,20-22,25-27,34,41-42H,9,18-19,23-24,39H2,1-3H3,(H,43,47)(H,44,48)(H,45,49)/t25-,26-,27+,34+/m1/s1. The normalized spacial score (nSPS) is 16.2. The van der Waals surface area contributed by atoms with Crippen molar-refractivity contribution in [2.24, 2.45) is 0 Å². The lowest BCUT2D eigenvalue weighted by molar-refractivity contribution is -0.123. The summed E-state index contributed by atoms with van der Waals surface area (Å²) in [5.41, 5.74) is 9.38. The number of benzene rings is 3. The highest BCUT2D eigenvalue weighted by Crippen LogP contribution is 2.25. The summed E-state index contributed by atoms with van der Waals surface area (Å²) < 4.78 is 29.7. The molecule has 13 nitrogen and oxygen atoms in total. The van der Waals surface area contributed by atoms with Crippen LogP contribution in [0.15, 0.2) is 97.2 Å². The number of aromatic nitrogens is 1. The topological polar surface area (TPSA) is 188 Å². The van der Waals surface area contributed by atoms with Gasteiger partial charge in [0.05, 0.1) is 23.8 Å². The zero-order valence-corrected chi connectivity index (χ0v) is 30.3. The van der Waals surface area contributed by atoms with Crippen molar-refractivity contribution in [3.8, 4) is 0 Å². The van der Waals surface area contributed by atoms with E-state index in [-0.39, 0.29) is 47.9 Å². The number of rotatable bonds is 14. The fraction of sp³-hybridized carbons (Fsp3) is 0.316. The van der Waals surface area contributed by atoms with Crippen LogP contribution in [-0.2, 0) is 21.4 Å². The lowest BCUT2D eigenvalue weighted by atomic mass is 10.0. The number of nitrogens with zero attached hydrogens (tertiary/aromatic N) is 2. The van der Waals surface area contributed by atoms with E-state index < -0.39 is 34.1 Å². The van der Waals surface area contributed by atoms with E-state index in [1.165, 1.54) is 22.5 Å². The molecule has 5 rings (SSSR count). The van der Waals surface area contributed by atoms with Gasteiger partial charge in [-0.2, -0.15) is 13.1 Å². The van der Waals surface area contributed by atoms with Crippen LogP contribution in [0.4, 0.5) is 11.4 Å². The van der Waals surface area contributed by atoms with E-state index in [4.69, 9.17) is 5.73 Å². The molecular weight excluding hydrogens is 681 g/mol. The highest BCUT2D eigenvalue weighted by molar-refractivity contribution is 7.90. The van der Waals surface area contributed by atoms with Crippen LogP contribution in [0.25, 0.3) is 0 Å². The number of pyridine rings is 1. The van der Waals surface area contributed by atoms with Crippen LogP contribution in [0.2, 0.25) is 0 Å². The fourth-order valence-electron chi connectivity index (χ4n) is 5.84. The first-order valence-corrected chi connectivity index (χ1v) is 18.7. The molecule has 2 heterocycles. The van der Waals surface area contributed by atoms with Crippen molar-refractivity contribution in [1.82, 2.24) is 31.0 Å². The van der Waals surface area contributed by atoms with E-state index in [1.807, 2.05) is 68.4 Å². The molecule has 0 aliphatic carbocycles. The smallest absolute Gasteiger partial charge is 0.301 e. The first-order valence-electron chi connectivity index (χ1n) is 17.3. The molecule has 1 aromatic heterocycles. The predicted octanol–water partition coefficient (Wildman–Crippen LogP) is 3.40. The second-order valence-corrected chi connectivity index (χ2v) is 14.6. The summed E-state index contributed by atoms with van der Waals surface area (Å²) in [4.78, 5) is 45.1. The Hall–Kier alpha value is -5.31. The summed E-state index contributed by atoms with van der Waals surface area (Å²) in [5.74, 6) is -1.21. The fourth-order valence-corrected chi connectivity index (χ4v) is 7.16. The monoisotopic (exact) mass is 726 g/mol. The molecule has 274 valence electrons. The van der Waals surface area contributed by atoms with E-state index in [1.54, 1.807) is 31.3 Å². The van der Waals surface area contributed by atoms with Crippen molar-refractivity contribution in [3.05, 3.63) is 125 Å². The van der Waals surface area contributed by atoms with Crippen molar-refractivity contribution < 1.29 is 22.8 Å². The van der Waals surface area contributed by atoms with Crippen LogP contribution in [0.1, 0.15) is 76.8 Å². The maximum Gasteiger partial charge on any atom is 0.301 e. The summed E-state index contributed by atoms with van der Waals surface area (Å²) in [6.45, 7) is 6.15. The molecule has 1 fully saturated rings. The number of nitrogens with two attached hydrogens (primary N) is 1. The minimum Gasteiger partial charge on any atom is -0.399 e. The van der Waals surface area contributed by atoms with E-state index in [9.17, 15) is 22.8 Å². The van der Waals surface area contributed by atoms with Crippen LogP contribution < -0.4 is 36.0 Å². The summed E-state index contributed by atoms with van der Waals surface area (Å²) in [6.07, 6.45) is 2.54. The van der Waals surface area contributed by atoms with Gasteiger partial charge in [0.2, 0.25) is 5.91 Å². The van der Waals surface area contributed by atoms with Gasteiger partial charge in [-0.05, 0) is 80.8 Å². The molecule has 3 amide bonds. The second-order valence-electron chi connectivity index (χ2n) is 12.9. The Bertz CT molecular complexity index is 1950. The molecule has 0 unspecified atom stereocenters. The largest absolute Gasteiger partial charge is 0.399 e. The van der Waals surface area contributed by atoms with Crippen LogP contribution >= 0.6 is 0 Å². The van der Waals surface area contributed by atoms with Gasteiger partial charge >= 0.3 is 10.2 Å². The molecule has 1 saturated heterocycles. The average molecular weight is 727 g/mol. The SMILES string of the molecule is C[C@H](NC[C@H](Cc1ccccn1)NC(=O)c1cc(C(=O)N[C@H](C)c2ccccc2)cc(N2CCCNS2(=O)=O)c1)C(=O)N[C@H](C)c1ccc(N)cc1. The summed E-state index contributed by atoms with van der Waals surface area (Å²) in [5, 5.41) is 12.2. The van der Waals surface area contributed by atoms with Gasteiger partial charge in [0.25, 0.3) is 11.8 Å². The van der Waals surface area contributed by atoms with Gasteiger partial charge in [0, 0.05) is 60.8 Å². The van der Waals surface area contributed by atoms with E-state index >= 15 is 0 Å². The van der Waals surface area contributed by atoms with Crippen molar-refractivity contribution in [2.75, 3.05) is 29.7 Å². The Morgan fingerprint density at radius 3 is 2.12 bits per heavy atom. The van der Waals surface area contributed by atoms with E-state index in [0.717, 1.165) is 16.8 Å². The lowest BCUT2D eigenvalue weighted by Gasteiger charge is -2.29. The molecule has 3 aromatic carbocycles. The third kappa shape index (κ3) is 10.1. The molecule has 1 aliphatic rings. The molecule has 7 N–H and O–H groups in total. The number of hydrogen-bond donors (Lipinski definition) is 6. The number of amides is 3. The summed E-state index contributed by atoms with van der Waals surface area (Å²) >= 11 is 0. The first-order chi connectivity index (χ1) is 24.9. The van der Waals surface area contributed by atoms with Crippen molar-refractivity contribution in [2.45, 2.75) is 57.8 Å². The summed E-state index contributed by atoms with van der Waals surface area (Å²) in [7, 11) is -3.89.